The molecule has 2 aromatic carbocycles. The first kappa shape index (κ1) is 30.0. The zero-order valence-electron chi connectivity index (χ0n) is 20.8. The normalized spacial score (nSPS) is 11.8. The number of carbonyl (C=O) groups is 2. The van der Waals surface area contributed by atoms with Gasteiger partial charge in [-0.05, 0) is 36.2 Å². The number of benzene rings is 2. The van der Waals surface area contributed by atoms with E-state index in [1.54, 1.807) is 24.3 Å². The molecule has 0 radical (unpaired) electrons. The number of rotatable bonds is 12. The van der Waals surface area contributed by atoms with Crippen LogP contribution in [0.3, 0.4) is 0 Å². The van der Waals surface area contributed by atoms with Crippen molar-refractivity contribution < 1.29 is 36.3 Å². The Labute approximate surface area is 228 Å². The lowest BCUT2D eigenvalue weighted by Crippen LogP contribution is -2.30. The SMILES string of the molecule is CCCCc1nc(Cl)c(CCC(=O)O)n1Cc1ccc(NC(=O)c2ccccc2NS(=O)(=O)C(F)(F)F)cc1. The van der Waals surface area contributed by atoms with Gasteiger partial charge in [0.2, 0.25) is 0 Å². The predicted molar refractivity (Wildman–Crippen MR) is 140 cm³/mol. The summed E-state index contributed by atoms with van der Waals surface area (Å²) >= 11 is 6.32. The van der Waals surface area contributed by atoms with E-state index in [-0.39, 0.29) is 23.6 Å². The quantitative estimate of drug-likeness (QED) is 0.258. The van der Waals surface area contributed by atoms with E-state index in [4.69, 9.17) is 16.7 Å². The summed E-state index contributed by atoms with van der Waals surface area (Å²) in [5.74, 6) is -1.04. The Bertz CT molecular complexity index is 1440. The van der Waals surface area contributed by atoms with Gasteiger partial charge in [-0.1, -0.05) is 49.2 Å². The van der Waals surface area contributed by atoms with Crippen LogP contribution in [0.2, 0.25) is 5.15 Å². The maximum Gasteiger partial charge on any atom is 0.516 e. The van der Waals surface area contributed by atoms with Crippen molar-refractivity contribution in [3.8, 4) is 0 Å². The standard InChI is InChI=1S/C25H26ClF3N4O5S/c1-2-3-8-21-31-23(26)20(13-14-22(34)35)33(21)15-16-9-11-17(12-10-16)30-24(36)18-6-4-5-7-19(18)32-39(37,38)25(27,28)29/h4-7,9-12,32H,2-3,8,13-15H2,1H3,(H,30,36)(H,34,35). The molecule has 3 aromatic rings. The number of sulfonamides is 1. The van der Waals surface area contributed by atoms with Crippen LogP contribution in [0.1, 0.15) is 53.6 Å². The molecule has 0 spiro atoms. The summed E-state index contributed by atoms with van der Waals surface area (Å²) in [4.78, 5) is 28.3. The lowest BCUT2D eigenvalue weighted by atomic mass is 10.1. The Hall–Kier alpha value is -3.58. The minimum Gasteiger partial charge on any atom is -0.481 e. The number of nitrogens with zero attached hydrogens (tertiary/aromatic N) is 2. The van der Waals surface area contributed by atoms with E-state index in [0.717, 1.165) is 30.3 Å². The second kappa shape index (κ2) is 12.5. The molecule has 0 saturated heterocycles. The summed E-state index contributed by atoms with van der Waals surface area (Å²) in [6, 6.07) is 11.5. The van der Waals surface area contributed by atoms with Gasteiger partial charge in [0.15, 0.2) is 5.15 Å². The maximum absolute atomic E-state index is 12.8. The van der Waals surface area contributed by atoms with Gasteiger partial charge in [-0.25, -0.2) is 4.98 Å². The topological polar surface area (TPSA) is 130 Å². The van der Waals surface area contributed by atoms with E-state index >= 15 is 0 Å². The van der Waals surface area contributed by atoms with Gasteiger partial charge < -0.3 is 15.0 Å². The Morgan fingerprint density at radius 1 is 1.08 bits per heavy atom. The molecule has 0 fully saturated rings. The molecule has 1 heterocycles. The third kappa shape index (κ3) is 7.73. The molecular weight excluding hydrogens is 561 g/mol. The smallest absolute Gasteiger partial charge is 0.481 e. The summed E-state index contributed by atoms with van der Waals surface area (Å²) in [5.41, 5.74) is -4.63. The third-order valence-corrected chi connectivity index (χ3v) is 7.11. The number of halogens is 4. The number of carbonyl (C=O) groups excluding carboxylic acids is 1. The van der Waals surface area contributed by atoms with Crippen molar-refractivity contribution in [3.05, 3.63) is 76.3 Å². The minimum absolute atomic E-state index is 0.107. The first-order chi connectivity index (χ1) is 18.3. The second-order valence-corrected chi connectivity index (χ2v) is 10.6. The predicted octanol–water partition coefficient (Wildman–Crippen LogP) is 5.46. The molecule has 0 saturated carbocycles. The van der Waals surface area contributed by atoms with E-state index in [0.29, 0.717) is 24.3 Å². The highest BCUT2D eigenvalue weighted by Crippen LogP contribution is 2.28. The van der Waals surface area contributed by atoms with Gasteiger partial charge in [-0.15, -0.1) is 0 Å². The summed E-state index contributed by atoms with van der Waals surface area (Å²) in [6.07, 6.45) is 2.57. The number of alkyl halides is 3. The van der Waals surface area contributed by atoms with Gasteiger partial charge in [0, 0.05) is 25.1 Å². The van der Waals surface area contributed by atoms with Gasteiger partial charge in [-0.3, -0.25) is 14.3 Å². The number of aryl methyl sites for hydroxylation is 1. The van der Waals surface area contributed by atoms with Crippen LogP contribution in [-0.4, -0.2) is 40.5 Å². The molecule has 0 bridgehead atoms. The fraction of sp³-hybridized carbons (Fsp3) is 0.320. The molecule has 0 aliphatic heterocycles. The summed E-state index contributed by atoms with van der Waals surface area (Å²) < 4.78 is 64.7. The molecule has 1 amide bonds. The Balaban J connectivity index is 1.78. The number of nitrogens with one attached hydrogen (secondary N) is 2. The molecule has 1 aromatic heterocycles. The molecule has 0 atom stereocenters. The Kier molecular flexibility index (Phi) is 9.62. The van der Waals surface area contributed by atoms with Crippen LogP contribution in [0.25, 0.3) is 0 Å². The second-order valence-electron chi connectivity index (χ2n) is 8.60. The number of anilines is 2. The van der Waals surface area contributed by atoms with Crippen LogP contribution in [0.15, 0.2) is 48.5 Å². The number of hydrogen-bond acceptors (Lipinski definition) is 5. The van der Waals surface area contributed by atoms with Crippen LogP contribution in [0.4, 0.5) is 24.5 Å². The number of para-hydroxylation sites is 1. The van der Waals surface area contributed by atoms with Crippen molar-refractivity contribution >= 4 is 44.9 Å². The lowest BCUT2D eigenvalue weighted by molar-refractivity contribution is -0.137. The van der Waals surface area contributed by atoms with Crippen molar-refractivity contribution in [3.63, 3.8) is 0 Å². The minimum atomic E-state index is -5.71. The molecule has 9 nitrogen and oxygen atoms in total. The van der Waals surface area contributed by atoms with Crippen LogP contribution in [0.5, 0.6) is 0 Å². The molecule has 3 N–H and O–H groups in total. The van der Waals surface area contributed by atoms with Crippen LogP contribution in [0, 0.1) is 0 Å². The number of hydrogen-bond donors (Lipinski definition) is 3. The van der Waals surface area contributed by atoms with E-state index < -0.39 is 33.1 Å². The van der Waals surface area contributed by atoms with Gasteiger partial charge in [-0.2, -0.15) is 21.6 Å². The summed E-state index contributed by atoms with van der Waals surface area (Å²) in [5, 5.41) is 11.9. The first-order valence-corrected chi connectivity index (χ1v) is 13.7. The lowest BCUT2D eigenvalue weighted by Gasteiger charge is -2.15. The molecule has 0 aliphatic carbocycles. The molecule has 0 unspecified atom stereocenters. The number of carboxylic acid groups (broad SMARTS) is 1. The van der Waals surface area contributed by atoms with Crippen molar-refractivity contribution in [1.29, 1.82) is 0 Å². The highest BCUT2D eigenvalue weighted by Gasteiger charge is 2.46. The molecule has 3 rings (SSSR count). The zero-order valence-corrected chi connectivity index (χ0v) is 22.3. The first-order valence-electron chi connectivity index (χ1n) is 11.9. The number of imidazole rings is 1. The zero-order chi connectivity index (χ0) is 28.8. The molecule has 210 valence electrons. The third-order valence-electron chi connectivity index (χ3n) is 5.71. The number of carboxylic acids is 1. The highest BCUT2D eigenvalue weighted by molar-refractivity contribution is 7.93. The van der Waals surface area contributed by atoms with Crippen molar-refractivity contribution in [2.75, 3.05) is 10.0 Å². The van der Waals surface area contributed by atoms with Crippen molar-refractivity contribution in [2.45, 2.75) is 51.1 Å². The van der Waals surface area contributed by atoms with E-state index in [1.165, 1.54) is 22.9 Å². The average molecular weight is 587 g/mol. The monoisotopic (exact) mass is 586 g/mol. The van der Waals surface area contributed by atoms with E-state index in [9.17, 15) is 31.2 Å². The summed E-state index contributed by atoms with van der Waals surface area (Å²) in [7, 11) is -5.71. The Morgan fingerprint density at radius 3 is 2.36 bits per heavy atom. The molecule has 14 heteroatoms. The maximum atomic E-state index is 12.8. The highest BCUT2D eigenvalue weighted by atomic mass is 35.5. The van der Waals surface area contributed by atoms with Crippen LogP contribution in [-0.2, 0) is 34.2 Å². The molecular formula is C25H26ClF3N4O5S. The van der Waals surface area contributed by atoms with Gasteiger partial charge in [0.1, 0.15) is 5.82 Å². The fourth-order valence-corrected chi connectivity index (χ4v) is 4.61. The summed E-state index contributed by atoms with van der Waals surface area (Å²) in [6.45, 7) is 2.39. The number of amides is 1. The van der Waals surface area contributed by atoms with Gasteiger partial charge in [0.25, 0.3) is 5.91 Å². The van der Waals surface area contributed by atoms with Crippen LogP contribution >= 0.6 is 11.6 Å². The largest absolute Gasteiger partial charge is 0.516 e. The Morgan fingerprint density at radius 2 is 1.74 bits per heavy atom. The van der Waals surface area contributed by atoms with Crippen molar-refractivity contribution in [1.82, 2.24) is 9.55 Å². The molecule has 39 heavy (non-hydrogen) atoms. The van der Waals surface area contributed by atoms with E-state index in [1.807, 2.05) is 11.5 Å². The van der Waals surface area contributed by atoms with Crippen molar-refractivity contribution in [2.24, 2.45) is 0 Å². The van der Waals surface area contributed by atoms with Gasteiger partial charge >= 0.3 is 21.5 Å². The molecule has 0 aliphatic rings. The van der Waals surface area contributed by atoms with E-state index in [2.05, 4.69) is 10.3 Å². The number of aromatic nitrogens is 2. The van der Waals surface area contributed by atoms with Crippen LogP contribution < -0.4 is 10.0 Å². The van der Waals surface area contributed by atoms with Gasteiger partial charge in [0.05, 0.1) is 23.4 Å². The number of aliphatic carboxylic acids is 1. The average Bonchev–Trinajstić information content (AvgIpc) is 3.15. The number of unbranched alkanes of at least 4 members (excludes halogenated alkanes) is 1. The fourth-order valence-electron chi connectivity index (χ4n) is 3.73.